The zero-order chi connectivity index (χ0) is 26.3. The number of esters is 1. The van der Waals surface area contributed by atoms with Crippen LogP contribution in [0.3, 0.4) is 0 Å². The first-order chi connectivity index (χ1) is 17.9. The normalized spacial score (nSPS) is 14.4. The van der Waals surface area contributed by atoms with Crippen molar-refractivity contribution in [1.82, 2.24) is 0 Å². The van der Waals surface area contributed by atoms with Gasteiger partial charge < -0.3 is 14.2 Å². The molecule has 1 aliphatic rings. The first kappa shape index (κ1) is 26.4. The number of aryl methyl sites for hydroxylation is 1. The number of fused-ring (bicyclic) bond motifs is 1. The van der Waals surface area contributed by atoms with Crippen LogP contribution in [-0.2, 0) is 11.2 Å². The molecule has 0 bridgehead atoms. The Balaban J connectivity index is 1.47. The van der Waals surface area contributed by atoms with Gasteiger partial charge in [-0.3, -0.25) is 0 Å². The molecule has 0 N–H and O–H groups in total. The van der Waals surface area contributed by atoms with Crippen LogP contribution in [0.5, 0.6) is 11.5 Å². The second-order valence-corrected chi connectivity index (χ2v) is 9.97. The summed E-state index contributed by atoms with van der Waals surface area (Å²) in [6.45, 7) is 7.82. The Bertz CT molecular complexity index is 1260. The van der Waals surface area contributed by atoms with Gasteiger partial charge in [0.2, 0.25) is 5.79 Å². The van der Waals surface area contributed by atoms with Crippen molar-refractivity contribution in [3.05, 3.63) is 94.5 Å². The molecule has 0 aliphatic carbocycles. The van der Waals surface area contributed by atoms with E-state index in [1.807, 2.05) is 18.2 Å². The smallest absolute Gasteiger partial charge is 0.345 e. The second kappa shape index (κ2) is 12.0. The molecule has 0 fully saturated rings. The highest BCUT2D eigenvalue weighted by atomic mass is 16.7. The molecule has 3 aromatic carbocycles. The molecule has 0 spiro atoms. The zero-order valence-corrected chi connectivity index (χ0v) is 22.3. The number of carbonyl (C=O) groups excluding carboxylic acids is 1. The molecule has 4 rings (SSSR count). The van der Waals surface area contributed by atoms with Gasteiger partial charge in [-0.25, -0.2) is 4.79 Å². The van der Waals surface area contributed by atoms with Crippen LogP contribution < -0.4 is 9.47 Å². The predicted molar refractivity (Wildman–Crippen MR) is 147 cm³/mol. The molecule has 3 aromatic rings. The summed E-state index contributed by atoms with van der Waals surface area (Å²) in [5.74, 6) is 6.29. The van der Waals surface area contributed by atoms with Crippen molar-refractivity contribution < 1.29 is 19.0 Å². The van der Waals surface area contributed by atoms with Crippen molar-refractivity contribution in [2.45, 2.75) is 78.1 Å². The third kappa shape index (κ3) is 7.17. The van der Waals surface area contributed by atoms with Gasteiger partial charge in [0.25, 0.3) is 0 Å². The average Bonchev–Trinajstić information content (AvgIpc) is 2.89. The van der Waals surface area contributed by atoms with Crippen molar-refractivity contribution in [2.75, 3.05) is 0 Å². The van der Waals surface area contributed by atoms with E-state index in [4.69, 9.17) is 14.2 Å². The molecule has 0 aromatic heterocycles. The Hall–Kier alpha value is -3.71. The second-order valence-electron chi connectivity index (χ2n) is 9.97. The van der Waals surface area contributed by atoms with Crippen molar-refractivity contribution in [1.29, 1.82) is 0 Å². The van der Waals surface area contributed by atoms with Gasteiger partial charge in [-0.15, -0.1) is 0 Å². The van der Waals surface area contributed by atoms with Gasteiger partial charge in [0.15, 0.2) is 0 Å². The number of unbranched alkanes of at least 4 members (excludes halogenated alkanes) is 2. The lowest BCUT2D eigenvalue weighted by Gasteiger charge is -2.32. The molecule has 4 nitrogen and oxygen atoms in total. The van der Waals surface area contributed by atoms with E-state index >= 15 is 0 Å². The first-order valence-electron chi connectivity index (χ1n) is 13.3. The summed E-state index contributed by atoms with van der Waals surface area (Å²) in [4.78, 5) is 12.5. The molecule has 1 aliphatic heterocycles. The van der Waals surface area contributed by atoms with Crippen LogP contribution in [0.15, 0.2) is 66.7 Å². The molecule has 1 atom stereocenters. The lowest BCUT2D eigenvalue weighted by Crippen LogP contribution is -2.38. The van der Waals surface area contributed by atoms with Crippen LogP contribution >= 0.6 is 0 Å². The van der Waals surface area contributed by atoms with Crippen LogP contribution in [0.2, 0.25) is 0 Å². The largest absolute Gasteiger partial charge is 0.486 e. The van der Waals surface area contributed by atoms with E-state index in [2.05, 4.69) is 62.1 Å². The Morgan fingerprint density at radius 1 is 0.838 bits per heavy atom. The topological polar surface area (TPSA) is 44.8 Å². The van der Waals surface area contributed by atoms with Crippen LogP contribution in [0.1, 0.15) is 98.5 Å². The Morgan fingerprint density at radius 3 is 2.14 bits per heavy atom. The predicted octanol–water partition coefficient (Wildman–Crippen LogP) is 8.02. The average molecular weight is 497 g/mol. The minimum Gasteiger partial charge on any atom is -0.486 e. The lowest BCUT2D eigenvalue weighted by molar-refractivity contribution is -0.127. The quantitative estimate of drug-likeness (QED) is 0.222. The Kier molecular flexibility index (Phi) is 8.56. The molecular weight excluding hydrogens is 460 g/mol. The third-order valence-corrected chi connectivity index (χ3v) is 6.37. The van der Waals surface area contributed by atoms with Crippen molar-refractivity contribution in [3.8, 4) is 23.3 Å². The number of hydrogen-bond acceptors (Lipinski definition) is 4. The summed E-state index contributed by atoms with van der Waals surface area (Å²) < 4.78 is 17.5. The maximum absolute atomic E-state index is 12.5. The van der Waals surface area contributed by atoms with Gasteiger partial charge in [0.1, 0.15) is 23.2 Å². The monoisotopic (exact) mass is 496 g/mol. The summed E-state index contributed by atoms with van der Waals surface area (Å²) in [5, 5.41) is 0. The van der Waals surface area contributed by atoms with Gasteiger partial charge in [-0.05, 0) is 79.3 Å². The van der Waals surface area contributed by atoms with E-state index in [0.717, 1.165) is 42.4 Å². The highest BCUT2D eigenvalue weighted by Gasteiger charge is 2.34. The number of rotatable bonds is 9. The van der Waals surface area contributed by atoms with E-state index in [1.54, 1.807) is 26.0 Å². The van der Waals surface area contributed by atoms with Gasteiger partial charge in [-0.2, -0.15) is 0 Å². The SMILES string of the molecule is CCCCc1ccc(C#Cc2ccc(C(CCCC)Oc3ccc4c(c3)C(=O)OC(C)(C)O4)cc2)cc1. The Morgan fingerprint density at radius 2 is 1.49 bits per heavy atom. The van der Waals surface area contributed by atoms with Crippen molar-refractivity contribution in [3.63, 3.8) is 0 Å². The summed E-state index contributed by atoms with van der Waals surface area (Å²) in [6, 6.07) is 22.1. The van der Waals surface area contributed by atoms with Crippen LogP contribution in [0.4, 0.5) is 0 Å². The van der Waals surface area contributed by atoms with E-state index in [1.165, 1.54) is 18.4 Å². The molecule has 0 saturated carbocycles. The summed E-state index contributed by atoms with van der Waals surface area (Å²) >= 11 is 0. The summed E-state index contributed by atoms with van der Waals surface area (Å²) in [6.07, 6.45) is 6.38. The van der Waals surface area contributed by atoms with Gasteiger partial charge in [0, 0.05) is 25.0 Å². The zero-order valence-electron chi connectivity index (χ0n) is 22.3. The van der Waals surface area contributed by atoms with Gasteiger partial charge in [0.05, 0.1) is 0 Å². The summed E-state index contributed by atoms with van der Waals surface area (Å²) in [7, 11) is 0. The fourth-order valence-electron chi connectivity index (χ4n) is 4.30. The molecule has 0 amide bonds. The number of carbonyl (C=O) groups is 1. The third-order valence-electron chi connectivity index (χ3n) is 6.37. The fourth-order valence-corrected chi connectivity index (χ4v) is 4.30. The fraction of sp³-hybridized carbons (Fsp3) is 0.364. The minimum absolute atomic E-state index is 0.132. The van der Waals surface area contributed by atoms with Gasteiger partial charge >= 0.3 is 5.97 Å². The maximum atomic E-state index is 12.5. The van der Waals surface area contributed by atoms with E-state index in [9.17, 15) is 4.79 Å². The minimum atomic E-state index is -0.973. The van der Waals surface area contributed by atoms with E-state index in [0.29, 0.717) is 17.1 Å². The van der Waals surface area contributed by atoms with Crippen molar-refractivity contribution >= 4 is 5.97 Å². The summed E-state index contributed by atoms with van der Waals surface area (Å²) in [5.41, 5.74) is 4.81. The molecule has 0 saturated heterocycles. The van der Waals surface area contributed by atoms with Crippen LogP contribution in [-0.4, -0.2) is 11.8 Å². The molecule has 1 unspecified atom stereocenters. The maximum Gasteiger partial charge on any atom is 0.345 e. The number of hydrogen-bond donors (Lipinski definition) is 0. The molecule has 192 valence electrons. The van der Waals surface area contributed by atoms with Crippen molar-refractivity contribution in [2.24, 2.45) is 0 Å². The number of cyclic esters (lactones) is 1. The Labute approximate surface area is 221 Å². The van der Waals surface area contributed by atoms with Crippen LogP contribution in [0.25, 0.3) is 0 Å². The number of benzene rings is 3. The lowest BCUT2D eigenvalue weighted by atomic mass is 10.0. The highest BCUT2D eigenvalue weighted by molar-refractivity contribution is 5.94. The molecular formula is C33H36O4. The van der Waals surface area contributed by atoms with Gasteiger partial charge in [-0.1, -0.05) is 62.8 Å². The molecule has 4 heteroatoms. The molecule has 37 heavy (non-hydrogen) atoms. The first-order valence-corrected chi connectivity index (χ1v) is 13.3. The van der Waals surface area contributed by atoms with Crippen LogP contribution in [0, 0.1) is 11.8 Å². The van der Waals surface area contributed by atoms with E-state index in [-0.39, 0.29) is 6.10 Å². The van der Waals surface area contributed by atoms with E-state index < -0.39 is 11.8 Å². The number of ether oxygens (including phenoxy) is 3. The molecule has 1 heterocycles. The standard InChI is InChI=1S/C33H36O4/c1-5-7-9-24-11-13-25(14-12-24)15-16-26-17-19-27(20-18-26)30(10-8-6-2)35-28-21-22-31-29(23-28)32(34)37-33(3,4)36-31/h11-14,17-23,30H,5-10H2,1-4H3. The molecule has 0 radical (unpaired) electrons. The highest BCUT2D eigenvalue weighted by Crippen LogP contribution is 2.35.